The van der Waals surface area contributed by atoms with E-state index in [1.165, 1.54) is 18.2 Å². The second kappa shape index (κ2) is 4.70. The second-order valence-electron chi connectivity index (χ2n) is 4.15. The SMILES string of the molecule is O=S(=O)(O)Cc1c(O)ccc2cc(S(=O)(=O)O)ccc12. The molecule has 0 spiro atoms. The van der Waals surface area contributed by atoms with E-state index < -0.39 is 26.0 Å². The highest BCUT2D eigenvalue weighted by atomic mass is 32.2. The summed E-state index contributed by atoms with van der Waals surface area (Å²) in [4.78, 5) is -0.353. The average Bonchev–Trinajstić information content (AvgIpc) is 2.30. The van der Waals surface area contributed by atoms with Gasteiger partial charge in [0.25, 0.3) is 20.2 Å². The average molecular weight is 318 g/mol. The van der Waals surface area contributed by atoms with Crippen LogP contribution in [-0.2, 0) is 26.0 Å². The lowest BCUT2D eigenvalue weighted by Gasteiger charge is -2.08. The Kier molecular flexibility index (Phi) is 3.46. The largest absolute Gasteiger partial charge is 0.508 e. The van der Waals surface area contributed by atoms with E-state index in [-0.39, 0.29) is 21.6 Å². The Morgan fingerprint density at radius 1 is 0.950 bits per heavy atom. The monoisotopic (exact) mass is 318 g/mol. The second-order valence-corrected chi connectivity index (χ2v) is 7.02. The predicted octanol–water partition coefficient (Wildman–Crippen LogP) is 1.18. The Balaban J connectivity index is 2.74. The van der Waals surface area contributed by atoms with Crippen molar-refractivity contribution in [3.63, 3.8) is 0 Å². The Bertz CT molecular complexity index is 882. The molecule has 7 nitrogen and oxygen atoms in total. The maximum absolute atomic E-state index is 11.0. The third-order valence-corrected chi connectivity index (χ3v) is 4.21. The van der Waals surface area contributed by atoms with Crippen molar-refractivity contribution < 1.29 is 31.0 Å². The van der Waals surface area contributed by atoms with Crippen LogP contribution in [0.3, 0.4) is 0 Å². The number of phenolic OH excluding ortho intramolecular Hbond substituents is 1. The van der Waals surface area contributed by atoms with Crippen LogP contribution in [0.2, 0.25) is 0 Å². The third kappa shape index (κ3) is 3.07. The summed E-state index contributed by atoms with van der Waals surface area (Å²) in [5.74, 6) is -1.14. The molecule has 0 atom stereocenters. The quantitative estimate of drug-likeness (QED) is 0.724. The van der Waals surface area contributed by atoms with E-state index in [4.69, 9.17) is 9.11 Å². The molecule has 2 aromatic carbocycles. The van der Waals surface area contributed by atoms with Crippen molar-refractivity contribution in [1.29, 1.82) is 0 Å². The summed E-state index contributed by atoms with van der Waals surface area (Å²) in [5.41, 5.74) is -0.0492. The molecule has 0 saturated heterocycles. The van der Waals surface area contributed by atoms with Gasteiger partial charge in [0.2, 0.25) is 0 Å². The Morgan fingerprint density at radius 2 is 1.60 bits per heavy atom. The first kappa shape index (κ1) is 14.7. The van der Waals surface area contributed by atoms with Crippen molar-refractivity contribution in [2.24, 2.45) is 0 Å². The van der Waals surface area contributed by atoms with E-state index in [9.17, 15) is 21.9 Å². The van der Waals surface area contributed by atoms with Crippen LogP contribution < -0.4 is 0 Å². The maximum Gasteiger partial charge on any atom is 0.294 e. The Labute approximate surface area is 115 Å². The zero-order chi connectivity index (χ0) is 15.1. The van der Waals surface area contributed by atoms with Crippen LogP contribution in [0.5, 0.6) is 5.75 Å². The molecule has 2 rings (SSSR count). The maximum atomic E-state index is 11.0. The summed E-state index contributed by atoms with van der Waals surface area (Å²) < 4.78 is 61.7. The third-order valence-electron chi connectivity index (χ3n) is 2.70. The van der Waals surface area contributed by atoms with Crippen LogP contribution in [0.15, 0.2) is 35.2 Å². The molecule has 20 heavy (non-hydrogen) atoms. The Morgan fingerprint density at radius 3 is 2.15 bits per heavy atom. The van der Waals surface area contributed by atoms with Crippen LogP contribution in [0.1, 0.15) is 5.56 Å². The summed E-state index contributed by atoms with van der Waals surface area (Å²) in [5, 5.41) is 10.2. The summed E-state index contributed by atoms with van der Waals surface area (Å²) in [7, 11) is -8.74. The molecule has 0 amide bonds. The van der Waals surface area contributed by atoms with Gasteiger partial charge in [-0.25, -0.2) is 0 Å². The van der Waals surface area contributed by atoms with Crippen LogP contribution in [0, 0.1) is 0 Å². The summed E-state index contributed by atoms with van der Waals surface area (Å²) in [6.45, 7) is 0. The molecule has 0 aliphatic rings. The molecule has 0 saturated carbocycles. The lowest BCUT2D eigenvalue weighted by Crippen LogP contribution is -2.03. The molecule has 0 unspecified atom stereocenters. The lowest BCUT2D eigenvalue weighted by molar-refractivity contribution is 0.463. The number of benzene rings is 2. The fourth-order valence-electron chi connectivity index (χ4n) is 1.86. The first-order valence-electron chi connectivity index (χ1n) is 5.25. The minimum atomic E-state index is -4.38. The van der Waals surface area contributed by atoms with Gasteiger partial charge in [-0.1, -0.05) is 12.1 Å². The van der Waals surface area contributed by atoms with Crippen molar-refractivity contribution >= 4 is 31.0 Å². The lowest BCUT2D eigenvalue weighted by atomic mass is 10.0. The van der Waals surface area contributed by atoms with Gasteiger partial charge >= 0.3 is 0 Å². The molecular weight excluding hydrogens is 308 g/mol. The molecule has 0 aliphatic carbocycles. The Hall–Kier alpha value is -1.68. The highest BCUT2D eigenvalue weighted by Crippen LogP contribution is 2.30. The van der Waals surface area contributed by atoms with Gasteiger partial charge in [-0.2, -0.15) is 16.8 Å². The van der Waals surface area contributed by atoms with Crippen LogP contribution in [0.4, 0.5) is 0 Å². The summed E-state index contributed by atoms with van der Waals surface area (Å²) in [6.07, 6.45) is 0. The van der Waals surface area contributed by atoms with Crippen LogP contribution in [-0.4, -0.2) is 31.0 Å². The highest BCUT2D eigenvalue weighted by Gasteiger charge is 2.16. The molecular formula is C11H10O7S2. The number of fused-ring (bicyclic) bond motifs is 1. The normalized spacial score (nSPS) is 12.7. The fraction of sp³-hybridized carbons (Fsp3) is 0.0909. The summed E-state index contributed by atoms with van der Waals surface area (Å²) in [6, 6.07) is 6.00. The minimum absolute atomic E-state index is 0.0492. The first-order chi connectivity index (χ1) is 9.08. The predicted molar refractivity (Wildman–Crippen MR) is 70.7 cm³/mol. The van der Waals surface area contributed by atoms with Crippen LogP contribution >= 0.6 is 0 Å². The van der Waals surface area contributed by atoms with Crippen molar-refractivity contribution in [3.8, 4) is 5.75 Å². The number of aromatic hydroxyl groups is 1. The van der Waals surface area contributed by atoms with E-state index in [1.54, 1.807) is 0 Å². The van der Waals surface area contributed by atoms with Gasteiger partial charge in [0, 0.05) is 5.56 Å². The molecule has 9 heteroatoms. The van der Waals surface area contributed by atoms with Crippen LogP contribution in [0.25, 0.3) is 10.8 Å². The minimum Gasteiger partial charge on any atom is -0.508 e. The smallest absolute Gasteiger partial charge is 0.294 e. The number of phenols is 1. The molecule has 108 valence electrons. The van der Waals surface area contributed by atoms with E-state index >= 15 is 0 Å². The standard InChI is InChI=1S/C11H10O7S2/c12-11-4-1-7-5-8(20(16,17)18)2-3-9(7)10(11)6-19(13,14)15/h1-5,12H,6H2,(H,13,14,15)(H,16,17,18). The van der Waals surface area contributed by atoms with Crippen molar-refractivity contribution in [1.82, 2.24) is 0 Å². The van der Waals surface area contributed by atoms with Crippen molar-refractivity contribution in [2.45, 2.75) is 10.6 Å². The summed E-state index contributed by atoms with van der Waals surface area (Å²) >= 11 is 0. The fourth-order valence-corrected chi connectivity index (χ4v) is 3.04. The van der Waals surface area contributed by atoms with Gasteiger partial charge < -0.3 is 5.11 Å². The number of rotatable bonds is 3. The topological polar surface area (TPSA) is 129 Å². The highest BCUT2D eigenvalue weighted by molar-refractivity contribution is 7.86. The molecule has 0 radical (unpaired) electrons. The number of hydrogen-bond acceptors (Lipinski definition) is 5. The molecule has 0 bridgehead atoms. The van der Waals surface area contributed by atoms with Crippen molar-refractivity contribution in [3.05, 3.63) is 35.9 Å². The molecule has 0 aliphatic heterocycles. The van der Waals surface area contributed by atoms with Crippen molar-refractivity contribution in [2.75, 3.05) is 0 Å². The van der Waals surface area contributed by atoms with E-state index in [2.05, 4.69) is 0 Å². The van der Waals surface area contributed by atoms with Gasteiger partial charge in [0.05, 0.1) is 4.90 Å². The van der Waals surface area contributed by atoms with Gasteiger partial charge in [-0.05, 0) is 29.0 Å². The van der Waals surface area contributed by atoms with Gasteiger partial charge in [0.1, 0.15) is 11.5 Å². The molecule has 3 N–H and O–H groups in total. The molecule has 2 aromatic rings. The zero-order valence-corrected chi connectivity index (χ0v) is 11.5. The zero-order valence-electron chi connectivity index (χ0n) is 9.88. The van der Waals surface area contributed by atoms with E-state index in [0.29, 0.717) is 5.39 Å². The molecule has 0 aromatic heterocycles. The first-order valence-corrected chi connectivity index (χ1v) is 8.30. The van der Waals surface area contributed by atoms with Gasteiger partial charge in [0.15, 0.2) is 0 Å². The number of hydrogen-bond donors (Lipinski definition) is 3. The van der Waals surface area contributed by atoms with E-state index in [1.807, 2.05) is 0 Å². The van der Waals surface area contributed by atoms with Gasteiger partial charge in [-0.15, -0.1) is 0 Å². The van der Waals surface area contributed by atoms with Gasteiger partial charge in [-0.3, -0.25) is 9.11 Å². The molecule has 0 fully saturated rings. The molecule has 0 heterocycles. The van der Waals surface area contributed by atoms with E-state index in [0.717, 1.165) is 12.1 Å².